The van der Waals surface area contributed by atoms with Crippen molar-refractivity contribution in [3.8, 4) is 6.07 Å². The Morgan fingerprint density at radius 3 is 2.90 bits per heavy atom. The predicted octanol–water partition coefficient (Wildman–Crippen LogP) is 1.85. The van der Waals surface area contributed by atoms with Crippen molar-refractivity contribution in [1.82, 2.24) is 20.1 Å². The molecule has 0 aliphatic rings. The maximum atomic E-state index is 8.96. The molecule has 0 amide bonds. The fourth-order valence-corrected chi connectivity index (χ4v) is 2.24. The van der Waals surface area contributed by atoms with E-state index in [1.54, 1.807) is 23.0 Å². The van der Waals surface area contributed by atoms with Crippen LogP contribution in [0.2, 0.25) is 5.15 Å². The number of nitrogens with one attached hydrogen (secondary N) is 2. The van der Waals surface area contributed by atoms with E-state index in [-0.39, 0.29) is 0 Å². The zero-order valence-corrected chi connectivity index (χ0v) is 12.8. The molecule has 0 saturated carbocycles. The van der Waals surface area contributed by atoms with Crippen molar-refractivity contribution in [2.24, 2.45) is 7.05 Å². The number of nitriles is 1. The second-order valence-electron chi connectivity index (χ2n) is 4.59. The van der Waals surface area contributed by atoms with E-state index in [0.717, 1.165) is 17.8 Å². The lowest BCUT2D eigenvalue weighted by Gasteiger charge is -2.08. The number of hydrogen-bond donors (Lipinski definition) is 2. The second-order valence-corrected chi connectivity index (χ2v) is 4.95. The van der Waals surface area contributed by atoms with Crippen LogP contribution in [0.5, 0.6) is 0 Å². The van der Waals surface area contributed by atoms with Crippen LogP contribution in [0.1, 0.15) is 16.8 Å². The van der Waals surface area contributed by atoms with Crippen LogP contribution in [0.15, 0.2) is 18.3 Å². The molecule has 0 aromatic carbocycles. The summed E-state index contributed by atoms with van der Waals surface area (Å²) < 4.78 is 1.67. The van der Waals surface area contributed by atoms with E-state index in [2.05, 4.69) is 26.8 Å². The van der Waals surface area contributed by atoms with E-state index in [4.69, 9.17) is 16.9 Å². The average Bonchev–Trinajstić information content (AvgIpc) is 2.73. The van der Waals surface area contributed by atoms with Crippen molar-refractivity contribution in [3.63, 3.8) is 0 Å². The average molecular weight is 305 g/mol. The summed E-state index contributed by atoms with van der Waals surface area (Å²) in [5.41, 5.74) is 2.48. The Kier molecular flexibility index (Phi) is 5.14. The van der Waals surface area contributed by atoms with Crippen molar-refractivity contribution >= 4 is 17.4 Å². The maximum absolute atomic E-state index is 8.96. The van der Waals surface area contributed by atoms with Crippen LogP contribution in [0, 0.1) is 18.3 Å². The third-order valence-electron chi connectivity index (χ3n) is 3.09. The van der Waals surface area contributed by atoms with Crippen molar-refractivity contribution in [1.29, 1.82) is 5.26 Å². The van der Waals surface area contributed by atoms with Gasteiger partial charge in [-0.2, -0.15) is 10.4 Å². The van der Waals surface area contributed by atoms with Crippen molar-refractivity contribution in [2.75, 3.05) is 18.4 Å². The number of aryl methyl sites for hydroxylation is 2. The highest BCUT2D eigenvalue weighted by Gasteiger charge is 2.10. The number of anilines is 1. The van der Waals surface area contributed by atoms with Crippen LogP contribution in [0.4, 0.5) is 5.82 Å². The molecule has 0 bridgehead atoms. The van der Waals surface area contributed by atoms with E-state index >= 15 is 0 Å². The van der Waals surface area contributed by atoms with Crippen LogP contribution in [0.3, 0.4) is 0 Å². The molecule has 0 fully saturated rings. The number of nitrogens with zero attached hydrogens (tertiary/aromatic N) is 4. The van der Waals surface area contributed by atoms with Gasteiger partial charge < -0.3 is 10.6 Å². The molecule has 0 aliphatic carbocycles. The summed E-state index contributed by atoms with van der Waals surface area (Å²) in [5.74, 6) is 0.609. The molecule has 2 rings (SSSR count). The molecule has 2 heterocycles. The lowest BCUT2D eigenvalue weighted by atomic mass is 10.2. The third kappa shape index (κ3) is 3.72. The smallest absolute Gasteiger partial charge is 0.143 e. The van der Waals surface area contributed by atoms with Gasteiger partial charge in [0.2, 0.25) is 0 Å². The van der Waals surface area contributed by atoms with E-state index in [9.17, 15) is 0 Å². The summed E-state index contributed by atoms with van der Waals surface area (Å²) in [6.07, 6.45) is 1.66. The van der Waals surface area contributed by atoms with Crippen molar-refractivity contribution in [3.05, 3.63) is 40.3 Å². The molecule has 7 heteroatoms. The Labute approximate surface area is 128 Å². The Balaban J connectivity index is 1.79. The van der Waals surface area contributed by atoms with Gasteiger partial charge in [-0.25, -0.2) is 4.98 Å². The van der Waals surface area contributed by atoms with Gasteiger partial charge in [-0.15, -0.1) is 0 Å². The molecule has 0 unspecified atom stereocenters. The molecule has 21 heavy (non-hydrogen) atoms. The zero-order chi connectivity index (χ0) is 15.2. The van der Waals surface area contributed by atoms with Gasteiger partial charge in [-0.1, -0.05) is 11.6 Å². The third-order valence-corrected chi connectivity index (χ3v) is 3.57. The van der Waals surface area contributed by atoms with Crippen LogP contribution >= 0.6 is 11.6 Å². The Hall–Kier alpha value is -2.10. The normalized spacial score (nSPS) is 10.4. The summed E-state index contributed by atoms with van der Waals surface area (Å²) in [6, 6.07) is 5.59. The molecule has 0 atom stereocenters. The molecule has 0 spiro atoms. The molecule has 2 aromatic heterocycles. The van der Waals surface area contributed by atoms with Crippen LogP contribution in [-0.4, -0.2) is 27.9 Å². The number of halogens is 1. The summed E-state index contributed by atoms with van der Waals surface area (Å²) in [6.45, 7) is 4.00. The van der Waals surface area contributed by atoms with Gasteiger partial charge in [0.05, 0.1) is 11.3 Å². The molecule has 2 aromatic rings. The molecule has 110 valence electrons. The van der Waals surface area contributed by atoms with Gasteiger partial charge in [0.25, 0.3) is 0 Å². The summed E-state index contributed by atoms with van der Waals surface area (Å²) in [5, 5.41) is 20.3. The summed E-state index contributed by atoms with van der Waals surface area (Å²) >= 11 is 6.16. The lowest BCUT2D eigenvalue weighted by Crippen LogP contribution is -2.22. The Morgan fingerprint density at radius 2 is 2.24 bits per heavy atom. The second kappa shape index (κ2) is 7.07. The minimum Gasteiger partial charge on any atom is -0.368 e. The summed E-state index contributed by atoms with van der Waals surface area (Å²) in [7, 11) is 1.82. The van der Waals surface area contributed by atoms with E-state index in [0.29, 0.717) is 29.6 Å². The number of pyridine rings is 1. The van der Waals surface area contributed by atoms with Gasteiger partial charge in [0, 0.05) is 38.4 Å². The minimum atomic E-state index is 0.545. The maximum Gasteiger partial charge on any atom is 0.143 e. The van der Waals surface area contributed by atoms with Gasteiger partial charge in [-0.3, -0.25) is 4.68 Å². The molecule has 0 radical (unpaired) electrons. The lowest BCUT2D eigenvalue weighted by molar-refractivity contribution is 0.702. The molecule has 2 N–H and O–H groups in total. The van der Waals surface area contributed by atoms with E-state index < -0.39 is 0 Å². The highest BCUT2D eigenvalue weighted by atomic mass is 35.5. The van der Waals surface area contributed by atoms with Gasteiger partial charge >= 0.3 is 0 Å². The first-order chi connectivity index (χ1) is 10.1. The Morgan fingerprint density at radius 1 is 1.43 bits per heavy atom. The fraction of sp³-hybridized carbons (Fsp3) is 0.357. The predicted molar refractivity (Wildman–Crippen MR) is 82.1 cm³/mol. The van der Waals surface area contributed by atoms with Gasteiger partial charge in [0.15, 0.2) is 0 Å². The molecule has 0 saturated heterocycles. The SMILES string of the molecule is Cc1nn(C)c(Cl)c1CNCCNc1ncccc1C#N. The minimum absolute atomic E-state index is 0.545. The fourth-order valence-electron chi connectivity index (χ4n) is 1.99. The van der Waals surface area contributed by atoms with Crippen LogP contribution < -0.4 is 10.6 Å². The van der Waals surface area contributed by atoms with Crippen molar-refractivity contribution in [2.45, 2.75) is 13.5 Å². The monoisotopic (exact) mass is 304 g/mol. The topological polar surface area (TPSA) is 78.6 Å². The first-order valence-corrected chi connectivity index (χ1v) is 6.99. The first-order valence-electron chi connectivity index (χ1n) is 6.61. The van der Waals surface area contributed by atoms with E-state index in [1.165, 1.54) is 0 Å². The van der Waals surface area contributed by atoms with E-state index in [1.807, 2.05) is 14.0 Å². The van der Waals surface area contributed by atoms with Crippen molar-refractivity contribution < 1.29 is 0 Å². The number of hydrogen-bond acceptors (Lipinski definition) is 5. The molecule has 0 aliphatic heterocycles. The Bertz CT molecular complexity index is 658. The van der Waals surface area contributed by atoms with Gasteiger partial charge in [0.1, 0.15) is 17.0 Å². The van der Waals surface area contributed by atoms with Crippen LogP contribution in [-0.2, 0) is 13.6 Å². The zero-order valence-electron chi connectivity index (χ0n) is 12.0. The first kappa shape index (κ1) is 15.3. The quantitative estimate of drug-likeness (QED) is 0.796. The molecular formula is C14H17ClN6. The number of rotatable bonds is 6. The highest BCUT2D eigenvalue weighted by molar-refractivity contribution is 6.30. The van der Waals surface area contributed by atoms with Crippen LogP contribution in [0.25, 0.3) is 0 Å². The standard InChI is InChI=1S/C14H17ClN6/c1-10-12(13(15)21(2)20-10)9-17-6-7-19-14-11(8-16)4-3-5-18-14/h3-5,17H,6-7,9H2,1-2H3,(H,18,19). The molecular weight excluding hydrogens is 288 g/mol. The number of aromatic nitrogens is 3. The molecule has 6 nitrogen and oxygen atoms in total. The van der Waals surface area contributed by atoms with Gasteiger partial charge in [-0.05, 0) is 19.1 Å². The largest absolute Gasteiger partial charge is 0.368 e. The highest BCUT2D eigenvalue weighted by Crippen LogP contribution is 2.17. The summed E-state index contributed by atoms with van der Waals surface area (Å²) in [4.78, 5) is 4.14.